The number of benzene rings is 2. The minimum absolute atomic E-state index is 0.0368. The van der Waals surface area contributed by atoms with Crippen molar-refractivity contribution in [3.05, 3.63) is 82.0 Å². The highest BCUT2D eigenvalue weighted by atomic mass is 79.9. The zero-order valence-electron chi connectivity index (χ0n) is 18.9. The Labute approximate surface area is 209 Å². The summed E-state index contributed by atoms with van der Waals surface area (Å²) < 4.78 is 43.7. The number of nitrogens with zero attached hydrogens (tertiary/aromatic N) is 4. The summed E-state index contributed by atoms with van der Waals surface area (Å²) in [4.78, 5) is 17.1. The number of halogens is 4. The topological polar surface area (TPSA) is 53.4 Å². The highest BCUT2D eigenvalue weighted by Crippen LogP contribution is 2.43. The second-order valence-electron chi connectivity index (χ2n) is 8.95. The summed E-state index contributed by atoms with van der Waals surface area (Å²) in [6, 6.07) is 16.4. The molecule has 184 valence electrons. The molecule has 3 heterocycles. The van der Waals surface area contributed by atoms with Crippen molar-refractivity contribution in [3.8, 4) is 0 Å². The highest BCUT2D eigenvalue weighted by Gasteiger charge is 2.47. The van der Waals surface area contributed by atoms with Crippen molar-refractivity contribution in [1.82, 2.24) is 19.6 Å². The van der Waals surface area contributed by atoms with Gasteiger partial charge < -0.3 is 10.2 Å². The van der Waals surface area contributed by atoms with Crippen LogP contribution in [0, 0.1) is 0 Å². The largest absolute Gasteiger partial charge is 0.410 e. The first-order chi connectivity index (χ1) is 16.8. The normalized spacial score (nSPS) is 20.9. The van der Waals surface area contributed by atoms with Crippen LogP contribution in [0.25, 0.3) is 0 Å². The van der Waals surface area contributed by atoms with Crippen LogP contribution in [0.3, 0.4) is 0 Å². The maximum atomic E-state index is 14.0. The molecule has 2 aliphatic rings. The predicted octanol–water partition coefficient (Wildman–Crippen LogP) is 5.26. The van der Waals surface area contributed by atoms with Crippen molar-refractivity contribution in [2.45, 2.75) is 31.2 Å². The van der Waals surface area contributed by atoms with Crippen molar-refractivity contribution in [3.63, 3.8) is 0 Å². The molecule has 0 radical (unpaired) electrons. The minimum Gasteiger partial charge on any atom is -0.363 e. The fourth-order valence-electron chi connectivity index (χ4n) is 4.70. The van der Waals surface area contributed by atoms with Gasteiger partial charge >= 0.3 is 6.18 Å². The molecule has 1 N–H and O–H groups in total. The third-order valence-electron chi connectivity index (χ3n) is 6.59. The lowest BCUT2D eigenvalue weighted by Crippen LogP contribution is -2.48. The Balaban J connectivity index is 1.30. The van der Waals surface area contributed by atoms with E-state index in [1.807, 2.05) is 18.2 Å². The molecule has 1 aromatic heterocycles. The maximum Gasteiger partial charge on any atom is 0.410 e. The van der Waals surface area contributed by atoms with Crippen LogP contribution < -0.4 is 5.32 Å². The van der Waals surface area contributed by atoms with E-state index in [-0.39, 0.29) is 23.8 Å². The van der Waals surface area contributed by atoms with Crippen LogP contribution in [-0.4, -0.2) is 57.8 Å². The van der Waals surface area contributed by atoms with Crippen LogP contribution in [0.1, 0.15) is 40.1 Å². The zero-order chi connectivity index (χ0) is 24.6. The van der Waals surface area contributed by atoms with Crippen LogP contribution in [0.2, 0.25) is 0 Å². The number of rotatable bonds is 4. The van der Waals surface area contributed by atoms with E-state index in [1.165, 1.54) is 11.6 Å². The van der Waals surface area contributed by atoms with Crippen molar-refractivity contribution in [2.24, 2.45) is 0 Å². The monoisotopic (exact) mass is 547 g/mol. The number of hydrogen-bond donors (Lipinski definition) is 1. The quantitative estimate of drug-likeness (QED) is 0.483. The summed E-state index contributed by atoms with van der Waals surface area (Å²) in [5.74, 6) is -0.133. The Morgan fingerprint density at radius 3 is 2.37 bits per heavy atom. The van der Waals surface area contributed by atoms with Gasteiger partial charge in [-0.15, -0.1) is 0 Å². The number of piperazine rings is 1. The summed E-state index contributed by atoms with van der Waals surface area (Å²) in [6.07, 6.45) is -4.69. The van der Waals surface area contributed by atoms with E-state index in [4.69, 9.17) is 0 Å². The first kappa shape index (κ1) is 23.9. The second kappa shape index (κ2) is 9.66. The lowest BCUT2D eigenvalue weighted by Gasteiger charge is -2.34. The average molecular weight is 548 g/mol. The molecular formula is C25H25BrF3N5O. The number of carbonyl (C=O) groups is 1. The van der Waals surface area contributed by atoms with Crippen LogP contribution in [-0.2, 0) is 6.54 Å². The Bertz CT molecular complexity index is 1170. The van der Waals surface area contributed by atoms with E-state index in [2.05, 4.69) is 43.4 Å². The van der Waals surface area contributed by atoms with E-state index in [0.29, 0.717) is 26.2 Å². The Kier molecular flexibility index (Phi) is 6.59. The summed E-state index contributed by atoms with van der Waals surface area (Å²) in [5.41, 5.74) is 1.99. The molecule has 10 heteroatoms. The van der Waals surface area contributed by atoms with Crippen molar-refractivity contribution < 1.29 is 18.0 Å². The van der Waals surface area contributed by atoms with Crippen LogP contribution in [0.15, 0.2) is 65.1 Å². The molecule has 35 heavy (non-hydrogen) atoms. The summed E-state index contributed by atoms with van der Waals surface area (Å²) in [7, 11) is 0. The van der Waals surface area contributed by atoms with Gasteiger partial charge in [0.2, 0.25) is 0 Å². The maximum absolute atomic E-state index is 14.0. The standard InChI is InChI=1S/C25H25BrF3N5O/c26-19-8-6-18(7-9-19)20-14-22(25(27,28)29)34-23(30-20)15-21(31-34)24(35)33-12-10-32(11-13-33)16-17-4-2-1-3-5-17/h1-9,15,20,22,30H,10-14,16H2. The summed E-state index contributed by atoms with van der Waals surface area (Å²) in [6.45, 7) is 3.21. The summed E-state index contributed by atoms with van der Waals surface area (Å²) in [5, 5.41) is 7.28. The SMILES string of the molecule is O=C(c1cc2n(n1)C(C(F)(F)F)CC(c1ccc(Br)cc1)N2)N1CCN(Cc2ccccc2)CC1. The number of alkyl halides is 3. The van der Waals surface area contributed by atoms with Crippen LogP contribution in [0.5, 0.6) is 0 Å². The molecule has 2 aliphatic heterocycles. The molecule has 0 saturated carbocycles. The lowest BCUT2D eigenvalue weighted by atomic mass is 9.97. The Morgan fingerprint density at radius 1 is 1.03 bits per heavy atom. The molecule has 1 saturated heterocycles. The zero-order valence-corrected chi connectivity index (χ0v) is 20.5. The number of nitrogens with one attached hydrogen (secondary N) is 1. The van der Waals surface area contributed by atoms with Crippen molar-refractivity contribution in [1.29, 1.82) is 0 Å². The van der Waals surface area contributed by atoms with Gasteiger partial charge in [-0.25, -0.2) is 4.68 Å². The molecular weight excluding hydrogens is 523 g/mol. The van der Waals surface area contributed by atoms with Crippen LogP contribution >= 0.6 is 15.9 Å². The van der Waals surface area contributed by atoms with Gasteiger partial charge in [0.15, 0.2) is 11.7 Å². The van der Waals surface area contributed by atoms with E-state index in [0.717, 1.165) is 21.3 Å². The number of amides is 1. The van der Waals surface area contributed by atoms with E-state index in [9.17, 15) is 18.0 Å². The number of anilines is 1. The molecule has 1 amide bonds. The van der Waals surface area contributed by atoms with Crippen molar-refractivity contribution in [2.75, 3.05) is 31.5 Å². The van der Waals surface area contributed by atoms with Gasteiger partial charge in [0, 0.05) is 49.7 Å². The second-order valence-corrected chi connectivity index (χ2v) is 9.87. The summed E-state index contributed by atoms with van der Waals surface area (Å²) >= 11 is 3.36. The predicted molar refractivity (Wildman–Crippen MR) is 130 cm³/mol. The smallest absolute Gasteiger partial charge is 0.363 e. The van der Waals surface area contributed by atoms with Gasteiger partial charge in [-0.3, -0.25) is 9.69 Å². The molecule has 2 unspecified atom stereocenters. The Hall–Kier alpha value is -2.85. The van der Waals surface area contributed by atoms with Gasteiger partial charge in [0.1, 0.15) is 5.82 Å². The molecule has 5 rings (SSSR count). The fraction of sp³-hybridized carbons (Fsp3) is 0.360. The first-order valence-electron chi connectivity index (χ1n) is 11.5. The van der Waals surface area contributed by atoms with Gasteiger partial charge in [-0.05, 0) is 23.3 Å². The molecule has 0 spiro atoms. The molecule has 2 atom stereocenters. The van der Waals surface area contributed by atoms with Gasteiger partial charge in [-0.1, -0.05) is 58.4 Å². The number of aromatic nitrogens is 2. The van der Waals surface area contributed by atoms with E-state index >= 15 is 0 Å². The lowest BCUT2D eigenvalue weighted by molar-refractivity contribution is -0.173. The molecule has 0 aliphatic carbocycles. The minimum atomic E-state index is -4.49. The van der Waals surface area contributed by atoms with E-state index in [1.54, 1.807) is 29.2 Å². The average Bonchev–Trinajstić information content (AvgIpc) is 3.28. The Morgan fingerprint density at radius 2 is 1.71 bits per heavy atom. The number of carbonyl (C=O) groups excluding carboxylic acids is 1. The van der Waals surface area contributed by atoms with Gasteiger partial charge in [0.05, 0.1) is 6.04 Å². The third-order valence-corrected chi connectivity index (χ3v) is 7.12. The third kappa shape index (κ3) is 5.23. The van der Waals surface area contributed by atoms with Gasteiger partial charge in [-0.2, -0.15) is 18.3 Å². The molecule has 1 fully saturated rings. The number of hydrogen-bond acceptors (Lipinski definition) is 4. The number of fused-ring (bicyclic) bond motifs is 1. The highest BCUT2D eigenvalue weighted by molar-refractivity contribution is 9.10. The van der Waals surface area contributed by atoms with Crippen LogP contribution in [0.4, 0.5) is 19.0 Å². The molecule has 3 aromatic rings. The first-order valence-corrected chi connectivity index (χ1v) is 12.3. The molecule has 6 nitrogen and oxygen atoms in total. The fourth-order valence-corrected chi connectivity index (χ4v) is 4.97. The molecule has 0 bridgehead atoms. The van der Waals surface area contributed by atoms with Gasteiger partial charge in [0.25, 0.3) is 5.91 Å². The van der Waals surface area contributed by atoms with E-state index < -0.39 is 18.3 Å². The molecule has 2 aromatic carbocycles. The van der Waals surface area contributed by atoms with Crippen molar-refractivity contribution >= 4 is 27.7 Å².